The highest BCUT2D eigenvalue weighted by Gasteiger charge is 2.36. The molecular formula is C29H31ClF3N3O4. The van der Waals surface area contributed by atoms with Crippen molar-refractivity contribution in [3.63, 3.8) is 0 Å². The minimum atomic E-state index is -4.53. The molecule has 1 heterocycles. The number of fused-ring (bicyclic) bond motifs is 1. The number of hydrogen-bond acceptors (Lipinski definition) is 5. The van der Waals surface area contributed by atoms with Gasteiger partial charge in [-0.25, -0.2) is 4.79 Å². The number of hydrogen-bond donors (Lipinski definition) is 2. The molecule has 0 fully saturated rings. The van der Waals surface area contributed by atoms with Crippen LogP contribution in [0.15, 0.2) is 48.5 Å². The van der Waals surface area contributed by atoms with Gasteiger partial charge in [-0.3, -0.25) is 0 Å². The van der Waals surface area contributed by atoms with E-state index in [0.29, 0.717) is 47.4 Å². The molecular weight excluding hydrogens is 547 g/mol. The normalized spacial score (nSPS) is 14.9. The average molecular weight is 578 g/mol. The first-order valence-electron chi connectivity index (χ1n) is 12.6. The lowest BCUT2D eigenvalue weighted by Crippen LogP contribution is -2.48. The lowest BCUT2D eigenvalue weighted by molar-refractivity contribution is -0.123. The van der Waals surface area contributed by atoms with Crippen molar-refractivity contribution in [2.24, 2.45) is 0 Å². The van der Waals surface area contributed by atoms with Gasteiger partial charge in [-0.15, -0.1) is 0 Å². The zero-order valence-electron chi connectivity index (χ0n) is 22.4. The summed E-state index contributed by atoms with van der Waals surface area (Å²) in [6.07, 6.45) is -3.54. The Balaban J connectivity index is 1.67. The van der Waals surface area contributed by atoms with Crippen LogP contribution in [0.25, 0.3) is 0 Å². The molecule has 3 aromatic rings. The fraction of sp³-hybridized carbons (Fsp3) is 0.345. The third-order valence-corrected chi connectivity index (χ3v) is 7.06. The molecule has 1 aliphatic rings. The number of carbonyl (C=O) groups is 1. The molecule has 0 aromatic heterocycles. The van der Waals surface area contributed by atoms with Crippen LogP contribution in [-0.2, 0) is 12.8 Å². The molecule has 0 saturated heterocycles. The van der Waals surface area contributed by atoms with Crippen molar-refractivity contribution in [1.82, 2.24) is 10.2 Å². The summed E-state index contributed by atoms with van der Waals surface area (Å²) in [4.78, 5) is 14.5. The summed E-state index contributed by atoms with van der Waals surface area (Å²) in [7, 11) is 3.09. The monoisotopic (exact) mass is 577 g/mol. The van der Waals surface area contributed by atoms with Gasteiger partial charge in [-0.05, 0) is 77.6 Å². The van der Waals surface area contributed by atoms with E-state index in [4.69, 9.17) is 31.5 Å². The quantitative estimate of drug-likeness (QED) is 0.317. The number of nitrogens with one attached hydrogen (secondary N) is 1. The van der Waals surface area contributed by atoms with E-state index in [0.717, 1.165) is 27.8 Å². The van der Waals surface area contributed by atoms with Crippen LogP contribution in [0, 0.1) is 6.92 Å². The Morgan fingerprint density at radius 2 is 1.80 bits per heavy atom. The number of aryl methyl sites for hydroxylation is 1. The molecule has 7 nitrogen and oxygen atoms in total. The molecule has 0 saturated carbocycles. The van der Waals surface area contributed by atoms with Crippen LogP contribution in [0.2, 0.25) is 5.02 Å². The number of nitrogens with two attached hydrogens (primary N) is 1. The van der Waals surface area contributed by atoms with Gasteiger partial charge in [0.15, 0.2) is 11.5 Å². The lowest BCUT2D eigenvalue weighted by Gasteiger charge is -2.39. The predicted octanol–water partition coefficient (Wildman–Crippen LogP) is 6.09. The molecule has 0 bridgehead atoms. The molecule has 0 aliphatic carbocycles. The number of anilines is 1. The fourth-order valence-corrected chi connectivity index (χ4v) is 5.09. The SMILES string of the molecule is COc1cc(CCOc2cc3c(cc2OC)CCN(C(=O)NCC(F)(F)F)C3c2ccc(Cl)cc2C)ccc1N. The highest BCUT2D eigenvalue weighted by molar-refractivity contribution is 6.30. The van der Waals surface area contributed by atoms with Gasteiger partial charge in [-0.1, -0.05) is 23.7 Å². The molecule has 40 heavy (non-hydrogen) atoms. The van der Waals surface area contributed by atoms with Crippen LogP contribution in [0.4, 0.5) is 23.7 Å². The number of nitrogens with zero attached hydrogens (tertiary/aromatic N) is 1. The zero-order chi connectivity index (χ0) is 29.0. The number of halogens is 4. The van der Waals surface area contributed by atoms with Crippen molar-refractivity contribution >= 4 is 23.3 Å². The maximum atomic E-state index is 13.0. The second-order valence-corrected chi connectivity index (χ2v) is 9.93. The largest absolute Gasteiger partial charge is 0.495 e. The molecule has 3 N–H and O–H groups in total. The van der Waals surface area contributed by atoms with Gasteiger partial charge >= 0.3 is 12.2 Å². The second kappa shape index (κ2) is 12.2. The van der Waals surface area contributed by atoms with Crippen molar-refractivity contribution < 1.29 is 32.2 Å². The summed E-state index contributed by atoms with van der Waals surface area (Å²) in [5.74, 6) is 1.56. The molecule has 214 valence electrons. The molecule has 1 aliphatic heterocycles. The molecule has 4 rings (SSSR count). The number of rotatable bonds is 8. The average Bonchev–Trinajstić information content (AvgIpc) is 2.91. The summed E-state index contributed by atoms with van der Waals surface area (Å²) < 4.78 is 55.7. The molecule has 1 unspecified atom stereocenters. The summed E-state index contributed by atoms with van der Waals surface area (Å²) in [6.45, 7) is 0.950. The standard InChI is InChI=1S/C29H31ClF3N3O4/c1-17-12-20(30)5-6-21(17)27-22-15-26(40-11-9-18-4-7-23(34)24(13-18)38-2)25(39-3)14-19(22)8-10-36(27)28(37)35-16-29(31,32)33/h4-7,12-15,27H,8-11,16,34H2,1-3H3,(H,35,37). The maximum absolute atomic E-state index is 13.0. The van der Waals surface area contributed by atoms with E-state index in [-0.39, 0.29) is 6.54 Å². The summed E-state index contributed by atoms with van der Waals surface area (Å²) in [5.41, 5.74) is 10.6. The highest BCUT2D eigenvalue weighted by atomic mass is 35.5. The van der Waals surface area contributed by atoms with Gasteiger partial charge < -0.3 is 30.2 Å². The minimum absolute atomic E-state index is 0.214. The summed E-state index contributed by atoms with van der Waals surface area (Å²) in [5, 5.41) is 2.53. The number of benzene rings is 3. The van der Waals surface area contributed by atoms with E-state index in [2.05, 4.69) is 0 Å². The number of nitrogen functional groups attached to an aromatic ring is 1. The van der Waals surface area contributed by atoms with Gasteiger partial charge in [0.1, 0.15) is 12.3 Å². The van der Waals surface area contributed by atoms with Gasteiger partial charge in [-0.2, -0.15) is 13.2 Å². The topological polar surface area (TPSA) is 86.0 Å². The summed E-state index contributed by atoms with van der Waals surface area (Å²) >= 11 is 6.19. The molecule has 3 aromatic carbocycles. The molecule has 2 amide bonds. The lowest BCUT2D eigenvalue weighted by atomic mass is 9.86. The molecule has 0 spiro atoms. The van der Waals surface area contributed by atoms with Gasteiger partial charge in [0.05, 0.1) is 32.6 Å². The Labute approximate surface area is 236 Å². The van der Waals surface area contributed by atoms with Crippen LogP contribution in [-0.4, -0.2) is 51.0 Å². The minimum Gasteiger partial charge on any atom is -0.495 e. The van der Waals surface area contributed by atoms with Gasteiger partial charge in [0.25, 0.3) is 0 Å². The Hall–Kier alpha value is -3.79. The van der Waals surface area contributed by atoms with E-state index in [9.17, 15) is 18.0 Å². The van der Waals surface area contributed by atoms with Crippen LogP contribution in [0.1, 0.15) is 33.9 Å². The van der Waals surface area contributed by atoms with E-state index < -0.39 is 24.8 Å². The van der Waals surface area contributed by atoms with Crippen LogP contribution in [0.3, 0.4) is 0 Å². The third-order valence-electron chi connectivity index (χ3n) is 6.83. The van der Waals surface area contributed by atoms with Crippen molar-refractivity contribution in [1.29, 1.82) is 0 Å². The van der Waals surface area contributed by atoms with E-state index >= 15 is 0 Å². The smallest absolute Gasteiger partial charge is 0.405 e. The first-order chi connectivity index (χ1) is 19.0. The van der Waals surface area contributed by atoms with Crippen molar-refractivity contribution in [3.05, 3.63) is 81.4 Å². The fourth-order valence-electron chi connectivity index (χ4n) is 4.87. The second-order valence-electron chi connectivity index (χ2n) is 9.50. The van der Waals surface area contributed by atoms with Crippen molar-refractivity contribution in [2.45, 2.75) is 32.0 Å². The molecule has 11 heteroatoms. The Bertz CT molecular complexity index is 1380. The maximum Gasteiger partial charge on any atom is 0.405 e. The van der Waals surface area contributed by atoms with Crippen LogP contribution >= 0.6 is 11.6 Å². The summed E-state index contributed by atoms with van der Waals surface area (Å²) in [6, 6.07) is 13.0. The van der Waals surface area contributed by atoms with E-state index in [1.54, 1.807) is 44.6 Å². The molecule has 0 radical (unpaired) electrons. The zero-order valence-corrected chi connectivity index (χ0v) is 23.2. The number of alkyl halides is 3. The molecule has 1 atom stereocenters. The third kappa shape index (κ3) is 6.67. The van der Waals surface area contributed by atoms with E-state index in [1.165, 1.54) is 4.90 Å². The first-order valence-corrected chi connectivity index (χ1v) is 13.0. The van der Waals surface area contributed by atoms with Gasteiger partial charge in [0, 0.05) is 18.0 Å². The number of carbonyl (C=O) groups excluding carboxylic acids is 1. The first kappa shape index (κ1) is 29.2. The van der Waals surface area contributed by atoms with Crippen molar-refractivity contribution in [2.75, 3.05) is 39.6 Å². The van der Waals surface area contributed by atoms with Crippen LogP contribution < -0.4 is 25.3 Å². The highest BCUT2D eigenvalue weighted by Crippen LogP contribution is 2.42. The predicted molar refractivity (Wildman–Crippen MR) is 147 cm³/mol. The van der Waals surface area contributed by atoms with Crippen LogP contribution in [0.5, 0.6) is 17.2 Å². The Morgan fingerprint density at radius 3 is 2.48 bits per heavy atom. The number of amides is 2. The van der Waals surface area contributed by atoms with E-state index in [1.807, 2.05) is 30.4 Å². The van der Waals surface area contributed by atoms with Gasteiger partial charge in [0.2, 0.25) is 0 Å². The Kier molecular flexibility index (Phi) is 8.88. The number of urea groups is 1. The Morgan fingerprint density at radius 1 is 1.05 bits per heavy atom. The number of ether oxygens (including phenoxy) is 3. The number of methoxy groups -OCH3 is 2. The van der Waals surface area contributed by atoms with Crippen molar-refractivity contribution in [3.8, 4) is 17.2 Å².